The molecule has 5 fully saturated rings. The highest BCUT2D eigenvalue weighted by atomic mass is 16.7. The van der Waals surface area contributed by atoms with Crippen molar-refractivity contribution in [3.8, 4) is 0 Å². The Kier molecular flexibility index (Phi) is 5.58. The van der Waals surface area contributed by atoms with Gasteiger partial charge in [-0.3, -0.25) is 9.59 Å². The average Bonchev–Trinajstić information content (AvgIpc) is 3.12. The van der Waals surface area contributed by atoms with Crippen molar-refractivity contribution in [3.63, 3.8) is 0 Å². The van der Waals surface area contributed by atoms with Crippen molar-refractivity contribution in [1.29, 1.82) is 0 Å². The number of ether oxygens (including phenoxy) is 3. The molecular formula is C32H48O5. The number of epoxide rings is 1. The molecule has 2 heterocycles. The van der Waals surface area contributed by atoms with Gasteiger partial charge in [-0.05, 0) is 92.8 Å². The molecule has 0 aromatic rings. The van der Waals surface area contributed by atoms with Crippen LogP contribution in [0.2, 0.25) is 0 Å². The molecule has 3 saturated carbocycles. The third-order valence-electron chi connectivity index (χ3n) is 13.0. The number of hydrogen-bond acceptors (Lipinski definition) is 5. The molecule has 2 aliphatic heterocycles. The van der Waals surface area contributed by atoms with Crippen LogP contribution < -0.4 is 0 Å². The molecule has 0 N–H and O–H groups in total. The van der Waals surface area contributed by atoms with Crippen LogP contribution in [0.15, 0.2) is 11.6 Å². The summed E-state index contributed by atoms with van der Waals surface area (Å²) >= 11 is 0. The zero-order chi connectivity index (χ0) is 26.8. The Bertz CT molecular complexity index is 1040. The Balaban J connectivity index is 1.31. The fourth-order valence-corrected chi connectivity index (χ4v) is 10.6. The second kappa shape index (κ2) is 7.93. The molecule has 0 unspecified atom stereocenters. The van der Waals surface area contributed by atoms with Crippen LogP contribution in [0.5, 0.6) is 0 Å². The summed E-state index contributed by atoms with van der Waals surface area (Å²) in [5.74, 6) is 1.84. The number of esters is 1. The molecule has 0 radical (unpaired) electrons. The smallest absolute Gasteiger partial charge is 0.304 e. The van der Waals surface area contributed by atoms with E-state index in [1.54, 1.807) is 5.57 Å². The van der Waals surface area contributed by atoms with Crippen molar-refractivity contribution < 1.29 is 23.8 Å². The summed E-state index contributed by atoms with van der Waals surface area (Å²) in [6.07, 6.45) is 10.6. The third-order valence-corrected chi connectivity index (χ3v) is 13.0. The zero-order valence-corrected chi connectivity index (χ0v) is 24.3. The summed E-state index contributed by atoms with van der Waals surface area (Å²) < 4.78 is 18.2. The summed E-state index contributed by atoms with van der Waals surface area (Å²) in [5, 5.41) is 0. The maximum absolute atomic E-state index is 12.9. The van der Waals surface area contributed by atoms with Crippen LogP contribution in [0.3, 0.4) is 0 Å². The zero-order valence-electron chi connectivity index (χ0n) is 24.3. The summed E-state index contributed by atoms with van der Waals surface area (Å²) in [7, 11) is 0. The lowest BCUT2D eigenvalue weighted by molar-refractivity contribution is -0.186. The van der Waals surface area contributed by atoms with E-state index in [0.717, 1.165) is 32.1 Å². The number of hydrogen-bond donors (Lipinski definition) is 0. The van der Waals surface area contributed by atoms with Crippen molar-refractivity contribution in [2.24, 2.45) is 45.3 Å². The summed E-state index contributed by atoms with van der Waals surface area (Å²) in [6.45, 7) is 17.7. The second-order valence-corrected chi connectivity index (χ2v) is 15.3. The number of rotatable bonds is 3. The SMILES string of the molecule is CC(=O)O[C@@H]1O[C@@H]([C@@H]2OC2(C)C)C[C@H]1[C@@H]1CC[C@]2(C)C3=CC[C@H]4C(C)(C)C(=O)CC[C@]4(C)[C@H]3CC[C@@]12C. The van der Waals surface area contributed by atoms with Gasteiger partial charge in [-0.1, -0.05) is 46.3 Å². The summed E-state index contributed by atoms with van der Waals surface area (Å²) in [4.78, 5) is 25.0. The van der Waals surface area contributed by atoms with Gasteiger partial charge in [0.15, 0.2) is 0 Å². The van der Waals surface area contributed by atoms with Crippen LogP contribution in [0.1, 0.15) is 107 Å². The van der Waals surface area contributed by atoms with E-state index in [0.29, 0.717) is 23.5 Å². The van der Waals surface area contributed by atoms with Crippen LogP contribution in [-0.2, 0) is 23.8 Å². The van der Waals surface area contributed by atoms with Gasteiger partial charge in [-0.15, -0.1) is 0 Å². The Morgan fingerprint density at radius 1 is 1.03 bits per heavy atom. The van der Waals surface area contributed by atoms with Gasteiger partial charge in [0, 0.05) is 24.7 Å². The number of allylic oxidation sites excluding steroid dienone is 2. The standard InChI is InChI=1S/C32H48O5/c1-18(33)35-27-19(17-23(36-27)26-29(4,5)37-26)20-11-15-32(8)22-9-10-24-28(2,3)25(34)13-14-30(24,6)21(22)12-16-31(20,32)7/h9,19-21,23-24,26-27H,10-17H2,1-8H3/t19-,20-,21-,23+,24-,26-,27+,30+,31-,32+/m0/s1. The molecule has 10 atom stereocenters. The fraction of sp³-hybridized carbons (Fsp3) is 0.875. The number of Topliss-reactive ketones (excluding diaryl/α,β-unsaturated/α-hetero) is 1. The predicted molar refractivity (Wildman–Crippen MR) is 141 cm³/mol. The maximum atomic E-state index is 12.9. The Hall–Kier alpha value is -1.20. The number of fused-ring (bicyclic) bond motifs is 5. The average molecular weight is 513 g/mol. The molecule has 0 amide bonds. The van der Waals surface area contributed by atoms with Crippen molar-refractivity contribution in [3.05, 3.63) is 11.6 Å². The molecule has 6 rings (SSSR count). The first kappa shape index (κ1) is 26.0. The van der Waals surface area contributed by atoms with Crippen LogP contribution in [0.4, 0.5) is 0 Å². The van der Waals surface area contributed by atoms with E-state index < -0.39 is 6.29 Å². The topological polar surface area (TPSA) is 65.1 Å². The maximum Gasteiger partial charge on any atom is 0.304 e. The van der Waals surface area contributed by atoms with Gasteiger partial charge >= 0.3 is 5.97 Å². The minimum absolute atomic E-state index is 0.00767. The van der Waals surface area contributed by atoms with E-state index in [-0.39, 0.29) is 51.4 Å². The molecule has 0 aromatic carbocycles. The Morgan fingerprint density at radius 3 is 2.38 bits per heavy atom. The predicted octanol–water partition coefficient (Wildman–Crippen LogP) is 6.63. The fourth-order valence-electron chi connectivity index (χ4n) is 10.6. The quantitative estimate of drug-likeness (QED) is 0.241. The first-order chi connectivity index (χ1) is 17.1. The van der Waals surface area contributed by atoms with E-state index in [9.17, 15) is 9.59 Å². The van der Waals surface area contributed by atoms with Crippen LogP contribution in [0, 0.1) is 45.3 Å². The van der Waals surface area contributed by atoms with Crippen LogP contribution in [-0.4, -0.2) is 35.9 Å². The molecule has 5 heteroatoms. The largest absolute Gasteiger partial charge is 0.436 e. The highest BCUT2D eigenvalue weighted by Gasteiger charge is 2.68. The van der Waals surface area contributed by atoms with Crippen molar-refractivity contribution in [2.75, 3.05) is 0 Å². The van der Waals surface area contributed by atoms with E-state index in [1.807, 2.05) is 0 Å². The minimum Gasteiger partial charge on any atom is -0.436 e. The molecular weight excluding hydrogens is 464 g/mol. The monoisotopic (exact) mass is 512 g/mol. The summed E-state index contributed by atoms with van der Waals surface area (Å²) in [5.41, 5.74) is 1.76. The van der Waals surface area contributed by atoms with Gasteiger partial charge in [0.05, 0.1) is 11.7 Å². The summed E-state index contributed by atoms with van der Waals surface area (Å²) in [6, 6.07) is 0. The van der Waals surface area contributed by atoms with Gasteiger partial charge < -0.3 is 14.2 Å². The van der Waals surface area contributed by atoms with Crippen LogP contribution in [0.25, 0.3) is 0 Å². The number of carbonyl (C=O) groups is 2. The molecule has 0 bridgehead atoms. The van der Waals surface area contributed by atoms with Gasteiger partial charge in [-0.2, -0.15) is 0 Å². The molecule has 5 nitrogen and oxygen atoms in total. The van der Waals surface area contributed by atoms with Crippen molar-refractivity contribution in [2.45, 2.75) is 131 Å². The lowest BCUT2D eigenvalue weighted by Crippen LogP contribution is -2.57. The minimum atomic E-state index is -0.475. The van der Waals surface area contributed by atoms with Gasteiger partial charge in [0.2, 0.25) is 6.29 Å². The van der Waals surface area contributed by atoms with Crippen LogP contribution >= 0.6 is 0 Å². The molecule has 6 aliphatic rings. The van der Waals surface area contributed by atoms with Gasteiger partial charge in [-0.25, -0.2) is 0 Å². The highest BCUT2D eigenvalue weighted by molar-refractivity contribution is 5.85. The molecule has 206 valence electrons. The normalized spacial score (nSPS) is 51.5. The number of ketones is 1. The number of carbonyl (C=O) groups excluding carboxylic acids is 2. The van der Waals surface area contributed by atoms with E-state index in [4.69, 9.17) is 14.2 Å². The Labute approximate surface area is 223 Å². The molecule has 0 aromatic heterocycles. The van der Waals surface area contributed by atoms with Crippen molar-refractivity contribution >= 4 is 11.8 Å². The second-order valence-electron chi connectivity index (χ2n) is 15.3. The van der Waals surface area contributed by atoms with E-state index >= 15 is 0 Å². The van der Waals surface area contributed by atoms with Gasteiger partial charge in [0.1, 0.15) is 11.9 Å². The molecule has 2 saturated heterocycles. The Morgan fingerprint density at radius 2 is 1.73 bits per heavy atom. The van der Waals surface area contributed by atoms with E-state index in [2.05, 4.69) is 54.5 Å². The lowest BCUT2D eigenvalue weighted by Gasteiger charge is -2.63. The van der Waals surface area contributed by atoms with E-state index in [1.165, 1.54) is 26.2 Å². The third kappa shape index (κ3) is 3.47. The lowest BCUT2D eigenvalue weighted by atomic mass is 9.41. The molecule has 0 spiro atoms. The first-order valence-corrected chi connectivity index (χ1v) is 14.9. The highest BCUT2D eigenvalue weighted by Crippen LogP contribution is 2.73. The van der Waals surface area contributed by atoms with Gasteiger partial charge in [0.25, 0.3) is 0 Å². The first-order valence-electron chi connectivity index (χ1n) is 14.9. The van der Waals surface area contributed by atoms with Crippen molar-refractivity contribution in [1.82, 2.24) is 0 Å². The molecule has 4 aliphatic carbocycles. The molecule has 37 heavy (non-hydrogen) atoms.